The van der Waals surface area contributed by atoms with Crippen molar-refractivity contribution in [3.05, 3.63) is 93.0 Å². The fourth-order valence-corrected chi connectivity index (χ4v) is 4.72. The zero-order valence-electron chi connectivity index (χ0n) is 20.6. The quantitative estimate of drug-likeness (QED) is 0.308. The second-order valence-electron chi connectivity index (χ2n) is 8.71. The normalized spacial score (nSPS) is 12.0. The van der Waals surface area contributed by atoms with E-state index in [-0.39, 0.29) is 29.9 Å². The Bertz CT molecular complexity index is 1450. The number of methoxy groups -OCH3 is 2. The van der Waals surface area contributed by atoms with E-state index in [1.54, 1.807) is 35.8 Å². The highest BCUT2D eigenvalue weighted by Gasteiger charge is 2.27. The molecule has 8 nitrogen and oxygen atoms in total. The Morgan fingerprint density at radius 3 is 2.61 bits per heavy atom. The summed E-state index contributed by atoms with van der Waals surface area (Å²) in [7, 11) is 2.78. The van der Waals surface area contributed by atoms with Crippen molar-refractivity contribution in [3.63, 3.8) is 0 Å². The van der Waals surface area contributed by atoms with Crippen LogP contribution in [0, 0.1) is 6.92 Å². The maximum absolute atomic E-state index is 13.8. The van der Waals surface area contributed by atoms with Gasteiger partial charge in [0.15, 0.2) is 0 Å². The molecule has 0 aliphatic carbocycles. The molecule has 0 bridgehead atoms. The first kappa shape index (κ1) is 25.1. The number of pyridine rings is 1. The van der Waals surface area contributed by atoms with Crippen molar-refractivity contribution in [1.29, 1.82) is 0 Å². The second kappa shape index (κ2) is 10.7. The van der Waals surface area contributed by atoms with E-state index >= 15 is 0 Å². The zero-order valence-corrected chi connectivity index (χ0v) is 20.6. The summed E-state index contributed by atoms with van der Waals surface area (Å²) in [4.78, 5) is 29.4. The summed E-state index contributed by atoms with van der Waals surface area (Å²) in [6.45, 7) is 1.89. The lowest BCUT2D eigenvalue weighted by atomic mass is 9.87. The first-order valence-corrected chi connectivity index (χ1v) is 11.7. The van der Waals surface area contributed by atoms with Crippen LogP contribution in [0.25, 0.3) is 10.9 Å². The molecule has 1 unspecified atom stereocenters. The number of carbonyl (C=O) groups is 1. The van der Waals surface area contributed by atoms with E-state index in [0.29, 0.717) is 35.5 Å². The number of rotatable bonds is 9. The van der Waals surface area contributed by atoms with Gasteiger partial charge in [0.1, 0.15) is 11.5 Å². The summed E-state index contributed by atoms with van der Waals surface area (Å²) in [5, 5.41) is 21.8. The third kappa shape index (κ3) is 4.85. The highest BCUT2D eigenvalue weighted by Crippen LogP contribution is 2.35. The summed E-state index contributed by atoms with van der Waals surface area (Å²) >= 11 is 0. The molecule has 3 N–H and O–H groups in total. The number of aromatic nitrogens is 2. The van der Waals surface area contributed by atoms with E-state index in [1.165, 1.54) is 14.2 Å². The molecule has 2 heterocycles. The number of aryl methyl sites for hydroxylation is 2. The third-order valence-corrected chi connectivity index (χ3v) is 6.63. The molecule has 0 amide bonds. The van der Waals surface area contributed by atoms with Gasteiger partial charge in [0.2, 0.25) is 0 Å². The Labute approximate surface area is 208 Å². The van der Waals surface area contributed by atoms with Gasteiger partial charge in [-0.1, -0.05) is 24.3 Å². The van der Waals surface area contributed by atoms with E-state index in [4.69, 9.17) is 9.47 Å². The standard InChI is InChI=1S/C28H30N2O6/c1-17-12-24(32)27(22(14-26(33)36-3)18-8-9-25(35-2)20(13-18)16-31)28(34)30(17)11-10-19-15-29-23-7-5-4-6-21(19)23/h4-9,12-13,15,22,29,31-32H,10-11,14,16H2,1-3H3. The van der Waals surface area contributed by atoms with Crippen molar-refractivity contribution in [2.24, 2.45) is 0 Å². The zero-order chi connectivity index (χ0) is 25.8. The van der Waals surface area contributed by atoms with Crippen LogP contribution < -0.4 is 10.3 Å². The second-order valence-corrected chi connectivity index (χ2v) is 8.71. The lowest BCUT2D eigenvalue weighted by Gasteiger charge is -2.21. The molecular formula is C28H30N2O6. The third-order valence-electron chi connectivity index (χ3n) is 6.63. The number of benzene rings is 2. The molecular weight excluding hydrogens is 460 g/mol. The van der Waals surface area contributed by atoms with Gasteiger partial charge in [-0.2, -0.15) is 0 Å². The van der Waals surface area contributed by atoms with Crippen LogP contribution in [-0.4, -0.2) is 40.0 Å². The van der Waals surface area contributed by atoms with Gasteiger partial charge in [-0.3, -0.25) is 9.59 Å². The predicted molar refractivity (Wildman–Crippen MR) is 136 cm³/mol. The minimum Gasteiger partial charge on any atom is -0.507 e. The summed E-state index contributed by atoms with van der Waals surface area (Å²) in [6, 6.07) is 14.6. The predicted octanol–water partition coefficient (Wildman–Crippen LogP) is 3.78. The van der Waals surface area contributed by atoms with Crippen molar-refractivity contribution < 1.29 is 24.5 Å². The Morgan fingerprint density at radius 1 is 1.11 bits per heavy atom. The summed E-state index contributed by atoms with van der Waals surface area (Å²) in [5.74, 6) is -0.995. The Kier molecular flexibility index (Phi) is 7.45. The number of aromatic hydroxyl groups is 1. The molecule has 188 valence electrons. The van der Waals surface area contributed by atoms with Crippen LogP contribution in [0.4, 0.5) is 0 Å². The number of H-pyrrole nitrogens is 1. The molecule has 0 saturated carbocycles. The van der Waals surface area contributed by atoms with E-state index in [9.17, 15) is 19.8 Å². The van der Waals surface area contributed by atoms with Gasteiger partial charge in [-0.05, 0) is 48.7 Å². The van der Waals surface area contributed by atoms with E-state index in [2.05, 4.69) is 4.98 Å². The molecule has 4 rings (SSSR count). The number of aliphatic hydroxyl groups is 1. The summed E-state index contributed by atoms with van der Waals surface area (Å²) in [6.07, 6.45) is 2.40. The Hall–Kier alpha value is -4.04. The number of hydrogen-bond acceptors (Lipinski definition) is 6. The number of fused-ring (bicyclic) bond motifs is 1. The average Bonchev–Trinajstić information content (AvgIpc) is 3.30. The van der Waals surface area contributed by atoms with E-state index in [0.717, 1.165) is 16.5 Å². The van der Waals surface area contributed by atoms with Gasteiger partial charge in [0.25, 0.3) is 5.56 Å². The molecule has 0 aliphatic heterocycles. The van der Waals surface area contributed by atoms with Crippen LogP contribution in [0.3, 0.4) is 0 Å². The van der Waals surface area contributed by atoms with Gasteiger partial charge in [-0.25, -0.2) is 0 Å². The number of aliphatic hydroxyl groups excluding tert-OH is 1. The van der Waals surface area contributed by atoms with Crippen molar-refractivity contribution in [2.75, 3.05) is 14.2 Å². The van der Waals surface area contributed by atoms with Gasteiger partial charge in [0.05, 0.1) is 32.8 Å². The average molecular weight is 491 g/mol. The van der Waals surface area contributed by atoms with Crippen LogP contribution in [0.5, 0.6) is 11.5 Å². The largest absolute Gasteiger partial charge is 0.507 e. The minimum atomic E-state index is -0.777. The summed E-state index contributed by atoms with van der Waals surface area (Å²) < 4.78 is 11.8. The number of esters is 1. The summed E-state index contributed by atoms with van der Waals surface area (Å²) in [5.41, 5.74) is 3.56. The van der Waals surface area contributed by atoms with Crippen molar-refractivity contribution in [3.8, 4) is 11.5 Å². The van der Waals surface area contributed by atoms with Crippen molar-refractivity contribution in [1.82, 2.24) is 9.55 Å². The van der Waals surface area contributed by atoms with Gasteiger partial charge in [-0.15, -0.1) is 0 Å². The number of nitrogens with zero attached hydrogens (tertiary/aromatic N) is 1. The minimum absolute atomic E-state index is 0.110. The Balaban J connectivity index is 1.77. The molecule has 0 spiro atoms. The smallest absolute Gasteiger partial charge is 0.306 e. The fourth-order valence-electron chi connectivity index (χ4n) is 4.72. The highest BCUT2D eigenvalue weighted by atomic mass is 16.5. The van der Waals surface area contributed by atoms with E-state index < -0.39 is 11.9 Å². The van der Waals surface area contributed by atoms with Crippen molar-refractivity contribution in [2.45, 2.75) is 38.8 Å². The molecule has 2 aromatic heterocycles. The van der Waals surface area contributed by atoms with Crippen LogP contribution in [0.15, 0.2) is 59.5 Å². The van der Waals surface area contributed by atoms with Gasteiger partial charge >= 0.3 is 5.97 Å². The highest BCUT2D eigenvalue weighted by molar-refractivity contribution is 5.83. The maximum atomic E-state index is 13.8. The molecule has 36 heavy (non-hydrogen) atoms. The van der Waals surface area contributed by atoms with Crippen molar-refractivity contribution >= 4 is 16.9 Å². The molecule has 1 atom stereocenters. The monoisotopic (exact) mass is 490 g/mol. The molecule has 0 radical (unpaired) electrons. The number of ether oxygens (including phenoxy) is 2. The number of carbonyl (C=O) groups excluding carboxylic acids is 1. The van der Waals surface area contributed by atoms with Crippen LogP contribution in [-0.2, 0) is 29.1 Å². The van der Waals surface area contributed by atoms with Crippen LogP contribution in [0.1, 0.15) is 40.3 Å². The number of hydrogen-bond donors (Lipinski definition) is 3. The van der Waals surface area contributed by atoms with Crippen LogP contribution in [0.2, 0.25) is 0 Å². The Morgan fingerprint density at radius 2 is 1.89 bits per heavy atom. The van der Waals surface area contributed by atoms with Crippen LogP contribution >= 0.6 is 0 Å². The number of para-hydroxylation sites is 1. The number of nitrogens with one attached hydrogen (secondary N) is 1. The lowest BCUT2D eigenvalue weighted by Crippen LogP contribution is -2.29. The lowest BCUT2D eigenvalue weighted by molar-refractivity contribution is -0.140. The fraction of sp³-hybridized carbons (Fsp3) is 0.286. The SMILES string of the molecule is COC(=O)CC(c1ccc(OC)c(CO)c1)c1c(O)cc(C)n(CCc2c[nH]c3ccccc23)c1=O. The molecule has 8 heteroatoms. The molecule has 2 aromatic carbocycles. The van der Waals surface area contributed by atoms with Gasteiger partial charge < -0.3 is 29.2 Å². The first-order valence-electron chi connectivity index (χ1n) is 11.7. The molecule has 0 fully saturated rings. The topological polar surface area (TPSA) is 114 Å². The van der Waals surface area contributed by atoms with Gasteiger partial charge in [0, 0.05) is 40.8 Å². The first-order chi connectivity index (χ1) is 17.4. The molecule has 0 aliphatic rings. The number of aromatic amines is 1. The van der Waals surface area contributed by atoms with E-state index in [1.807, 2.05) is 30.5 Å². The molecule has 0 saturated heterocycles. The molecule has 4 aromatic rings. The maximum Gasteiger partial charge on any atom is 0.306 e.